The maximum absolute atomic E-state index is 5.64. The molecule has 0 spiro atoms. The lowest BCUT2D eigenvalue weighted by atomic mass is 10.1. The molecule has 0 aliphatic carbocycles. The quantitative estimate of drug-likeness (QED) is 0.486. The summed E-state index contributed by atoms with van der Waals surface area (Å²) < 4.78 is 11.0. The van der Waals surface area contributed by atoms with E-state index in [4.69, 9.17) is 21.1 Å². The predicted octanol–water partition coefficient (Wildman–Crippen LogP) is 2.13. The lowest BCUT2D eigenvalue weighted by molar-refractivity contribution is 0.0132. The first-order chi connectivity index (χ1) is 7.86. The summed E-state index contributed by atoms with van der Waals surface area (Å²) in [5, 5.41) is 0. The molecule has 1 saturated heterocycles. The van der Waals surface area contributed by atoms with E-state index in [-0.39, 0.29) is 0 Å². The number of halogens is 1. The van der Waals surface area contributed by atoms with Crippen LogP contribution in [0.1, 0.15) is 26.2 Å². The third-order valence-corrected chi connectivity index (χ3v) is 3.09. The fourth-order valence-corrected chi connectivity index (χ4v) is 2.13. The van der Waals surface area contributed by atoms with Gasteiger partial charge in [0.25, 0.3) is 0 Å². The van der Waals surface area contributed by atoms with E-state index < -0.39 is 0 Å². The van der Waals surface area contributed by atoms with E-state index in [1.165, 1.54) is 0 Å². The monoisotopic (exact) mass is 249 g/mol. The Morgan fingerprint density at radius 1 is 1.25 bits per heavy atom. The molecule has 0 saturated carbocycles. The highest BCUT2D eigenvalue weighted by Gasteiger charge is 2.18. The largest absolute Gasteiger partial charge is 0.382 e. The van der Waals surface area contributed by atoms with Crippen LogP contribution in [-0.4, -0.2) is 56.3 Å². The summed E-state index contributed by atoms with van der Waals surface area (Å²) >= 11 is 5.60. The second kappa shape index (κ2) is 9.23. The van der Waals surface area contributed by atoms with Crippen molar-refractivity contribution in [2.24, 2.45) is 0 Å². The first-order valence-corrected chi connectivity index (χ1v) is 6.88. The van der Waals surface area contributed by atoms with Gasteiger partial charge in [0, 0.05) is 38.7 Å². The van der Waals surface area contributed by atoms with Crippen LogP contribution in [0.15, 0.2) is 0 Å². The molecule has 0 amide bonds. The minimum absolute atomic E-state index is 0.432. The van der Waals surface area contributed by atoms with Gasteiger partial charge in [-0.15, -0.1) is 11.6 Å². The van der Waals surface area contributed by atoms with E-state index in [1.807, 2.05) is 6.92 Å². The van der Waals surface area contributed by atoms with Gasteiger partial charge in [-0.2, -0.15) is 0 Å². The molecule has 3 nitrogen and oxygen atoms in total. The van der Waals surface area contributed by atoms with Crippen molar-refractivity contribution >= 4 is 11.6 Å². The molecule has 1 rings (SSSR count). The van der Waals surface area contributed by atoms with E-state index in [0.717, 1.165) is 52.1 Å². The van der Waals surface area contributed by atoms with Crippen LogP contribution in [0.25, 0.3) is 0 Å². The lowest BCUT2D eigenvalue weighted by Crippen LogP contribution is -2.38. The summed E-state index contributed by atoms with van der Waals surface area (Å²) in [6.07, 6.45) is 3.86. The van der Waals surface area contributed by atoms with Crippen molar-refractivity contribution < 1.29 is 9.47 Å². The molecule has 16 heavy (non-hydrogen) atoms. The minimum atomic E-state index is 0.432. The molecule has 1 heterocycles. The van der Waals surface area contributed by atoms with Crippen molar-refractivity contribution in [2.75, 3.05) is 45.3 Å². The number of ether oxygens (including phenoxy) is 2. The van der Waals surface area contributed by atoms with Crippen molar-refractivity contribution in [3.63, 3.8) is 0 Å². The molecule has 0 bridgehead atoms. The molecule has 96 valence electrons. The van der Waals surface area contributed by atoms with E-state index in [1.54, 1.807) is 0 Å². The number of hydrogen-bond acceptors (Lipinski definition) is 3. The van der Waals surface area contributed by atoms with Gasteiger partial charge in [0.05, 0.1) is 12.7 Å². The molecule has 4 heteroatoms. The molecule has 0 aromatic carbocycles. The van der Waals surface area contributed by atoms with Crippen molar-refractivity contribution in [1.29, 1.82) is 0 Å². The highest BCUT2D eigenvalue weighted by atomic mass is 35.5. The van der Waals surface area contributed by atoms with Gasteiger partial charge in [0.1, 0.15) is 0 Å². The Labute approximate surface area is 104 Å². The molecule has 0 N–H and O–H groups in total. The van der Waals surface area contributed by atoms with E-state index in [9.17, 15) is 0 Å². The molecule has 0 radical (unpaired) electrons. The van der Waals surface area contributed by atoms with Gasteiger partial charge < -0.3 is 14.4 Å². The number of hydrogen-bond donors (Lipinski definition) is 0. The number of piperidine rings is 1. The van der Waals surface area contributed by atoms with Crippen LogP contribution < -0.4 is 0 Å². The van der Waals surface area contributed by atoms with Crippen LogP contribution in [0, 0.1) is 0 Å². The zero-order valence-electron chi connectivity index (χ0n) is 10.3. The Kier molecular flexibility index (Phi) is 8.21. The Bertz CT molecular complexity index is 161. The van der Waals surface area contributed by atoms with Crippen molar-refractivity contribution in [3.05, 3.63) is 0 Å². The Morgan fingerprint density at radius 3 is 2.62 bits per heavy atom. The molecule has 1 aliphatic heterocycles. The highest BCUT2D eigenvalue weighted by molar-refractivity contribution is 6.17. The average molecular weight is 250 g/mol. The van der Waals surface area contributed by atoms with Crippen molar-refractivity contribution in [3.8, 4) is 0 Å². The van der Waals surface area contributed by atoms with Gasteiger partial charge in [-0.3, -0.25) is 0 Å². The zero-order chi connectivity index (χ0) is 11.6. The first kappa shape index (κ1) is 14.2. The lowest BCUT2D eigenvalue weighted by Gasteiger charge is -2.31. The number of likely N-dealkylation sites (tertiary alicyclic amines) is 1. The molecule has 1 aliphatic rings. The van der Waals surface area contributed by atoms with Crippen LogP contribution in [0.4, 0.5) is 0 Å². The van der Waals surface area contributed by atoms with Crippen LogP contribution in [-0.2, 0) is 9.47 Å². The second-order valence-electron chi connectivity index (χ2n) is 4.15. The van der Waals surface area contributed by atoms with Crippen LogP contribution in [0.3, 0.4) is 0 Å². The predicted molar refractivity (Wildman–Crippen MR) is 67.2 cm³/mol. The third kappa shape index (κ3) is 6.04. The van der Waals surface area contributed by atoms with Gasteiger partial charge in [0.2, 0.25) is 0 Å². The van der Waals surface area contributed by atoms with Gasteiger partial charge >= 0.3 is 0 Å². The van der Waals surface area contributed by atoms with E-state index in [2.05, 4.69) is 4.90 Å². The standard InChI is InChI=1S/C12H24ClNO2/c1-2-15-10-3-7-14-8-4-12(5-9-14)16-11-6-13/h12H,2-11H2,1H3. The molecule has 0 aromatic heterocycles. The van der Waals surface area contributed by atoms with Crippen LogP contribution in [0.5, 0.6) is 0 Å². The van der Waals surface area contributed by atoms with Crippen LogP contribution >= 0.6 is 11.6 Å². The maximum Gasteiger partial charge on any atom is 0.0605 e. The molecule has 1 fully saturated rings. The van der Waals surface area contributed by atoms with E-state index in [0.29, 0.717) is 18.6 Å². The SMILES string of the molecule is CCOCCCN1CCC(OCCCl)CC1. The molecular weight excluding hydrogens is 226 g/mol. The molecular formula is C12H24ClNO2. The summed E-state index contributed by atoms with van der Waals surface area (Å²) in [5.74, 6) is 0.606. The first-order valence-electron chi connectivity index (χ1n) is 6.34. The Balaban J connectivity index is 1.98. The van der Waals surface area contributed by atoms with Crippen molar-refractivity contribution in [2.45, 2.75) is 32.3 Å². The average Bonchev–Trinajstić information content (AvgIpc) is 2.33. The molecule has 0 aromatic rings. The Hall–Kier alpha value is 0.170. The number of rotatable bonds is 8. The maximum atomic E-state index is 5.64. The van der Waals surface area contributed by atoms with Gasteiger partial charge in [-0.25, -0.2) is 0 Å². The fourth-order valence-electron chi connectivity index (χ4n) is 2.05. The van der Waals surface area contributed by atoms with Gasteiger partial charge in [-0.1, -0.05) is 0 Å². The Morgan fingerprint density at radius 2 is 2.00 bits per heavy atom. The third-order valence-electron chi connectivity index (χ3n) is 2.93. The molecule has 0 unspecified atom stereocenters. The van der Waals surface area contributed by atoms with E-state index >= 15 is 0 Å². The van der Waals surface area contributed by atoms with Crippen LogP contribution in [0.2, 0.25) is 0 Å². The highest BCUT2D eigenvalue weighted by Crippen LogP contribution is 2.13. The number of nitrogens with zero attached hydrogens (tertiary/aromatic N) is 1. The van der Waals surface area contributed by atoms with Crippen molar-refractivity contribution in [1.82, 2.24) is 4.90 Å². The van der Waals surface area contributed by atoms with Gasteiger partial charge in [0.15, 0.2) is 0 Å². The fraction of sp³-hybridized carbons (Fsp3) is 1.00. The normalized spacial score (nSPS) is 19.1. The zero-order valence-corrected chi connectivity index (χ0v) is 11.0. The minimum Gasteiger partial charge on any atom is -0.382 e. The van der Waals surface area contributed by atoms with Gasteiger partial charge in [-0.05, 0) is 26.2 Å². The topological polar surface area (TPSA) is 21.7 Å². The summed E-state index contributed by atoms with van der Waals surface area (Å²) in [6.45, 7) is 7.91. The summed E-state index contributed by atoms with van der Waals surface area (Å²) in [4.78, 5) is 2.50. The smallest absolute Gasteiger partial charge is 0.0605 e. The molecule has 0 atom stereocenters. The number of alkyl halides is 1. The summed E-state index contributed by atoms with van der Waals surface area (Å²) in [6, 6.07) is 0. The summed E-state index contributed by atoms with van der Waals surface area (Å²) in [5.41, 5.74) is 0. The summed E-state index contributed by atoms with van der Waals surface area (Å²) in [7, 11) is 0. The second-order valence-corrected chi connectivity index (χ2v) is 4.53.